The third-order valence-corrected chi connectivity index (χ3v) is 4.06. The van der Waals surface area contributed by atoms with Crippen LogP contribution < -0.4 is 5.73 Å². The molecule has 3 nitrogen and oxygen atoms in total. The molecule has 2 rings (SSSR count). The van der Waals surface area contributed by atoms with Gasteiger partial charge in [0.2, 0.25) is 0 Å². The summed E-state index contributed by atoms with van der Waals surface area (Å²) in [7, 11) is 0. The van der Waals surface area contributed by atoms with Gasteiger partial charge in [0.1, 0.15) is 0 Å². The minimum absolute atomic E-state index is 0. The second-order valence-electron chi connectivity index (χ2n) is 4.70. The van der Waals surface area contributed by atoms with Gasteiger partial charge in [-0.3, -0.25) is 4.90 Å². The van der Waals surface area contributed by atoms with Gasteiger partial charge in [0, 0.05) is 24.2 Å². The Morgan fingerprint density at radius 1 is 1.59 bits per heavy atom. The average Bonchev–Trinajstić information content (AvgIpc) is 2.65. The number of likely N-dealkylation sites (tertiary alicyclic amines) is 1. The highest BCUT2D eigenvalue weighted by Gasteiger charge is 2.19. The normalized spacial score (nSPS) is 21.1. The van der Waals surface area contributed by atoms with Crippen molar-refractivity contribution < 1.29 is 0 Å². The molecule has 0 saturated carbocycles. The zero-order valence-electron chi connectivity index (χ0n) is 10.4. The topological polar surface area (TPSA) is 42.2 Å². The molecule has 1 aliphatic rings. The number of hydrogen-bond donors (Lipinski definition) is 1. The fourth-order valence-electron chi connectivity index (χ4n) is 2.55. The zero-order valence-corrected chi connectivity index (χ0v) is 12.0. The number of anilines is 1. The predicted octanol–water partition coefficient (Wildman–Crippen LogP) is 3.16. The summed E-state index contributed by atoms with van der Waals surface area (Å²) >= 11 is 1.62. The maximum atomic E-state index is 5.65. The van der Waals surface area contributed by atoms with Gasteiger partial charge in [0.05, 0.1) is 0 Å². The first-order valence-electron chi connectivity index (χ1n) is 6.20. The Kier molecular flexibility index (Phi) is 6.23. The molecule has 0 amide bonds. The Morgan fingerprint density at radius 3 is 3.06 bits per heavy atom. The van der Waals surface area contributed by atoms with Crippen molar-refractivity contribution in [1.29, 1.82) is 0 Å². The molecule has 5 heteroatoms. The summed E-state index contributed by atoms with van der Waals surface area (Å²) < 4.78 is 0. The second-order valence-corrected chi connectivity index (χ2v) is 5.84. The summed E-state index contributed by atoms with van der Waals surface area (Å²) in [5.74, 6) is 0.906. The summed E-state index contributed by atoms with van der Waals surface area (Å²) in [6.07, 6.45) is 7.37. The van der Waals surface area contributed by atoms with E-state index in [1.807, 2.05) is 6.20 Å². The van der Waals surface area contributed by atoms with Gasteiger partial charge in [0.15, 0.2) is 5.13 Å². The highest BCUT2D eigenvalue weighted by atomic mass is 35.5. The van der Waals surface area contributed by atoms with Crippen molar-refractivity contribution in [3.63, 3.8) is 0 Å². The van der Waals surface area contributed by atoms with Crippen molar-refractivity contribution in [3.8, 4) is 0 Å². The number of nitrogens with zero attached hydrogens (tertiary/aromatic N) is 2. The quantitative estimate of drug-likeness (QED) is 0.918. The standard InChI is InChI=1S/C12H21N3S.ClH/c1-2-4-10-5-3-6-15(8-10)9-11-7-14-12(13)16-11;/h7,10H,2-6,8-9H2,1H3,(H2,13,14);1H. The van der Waals surface area contributed by atoms with E-state index in [9.17, 15) is 0 Å². The highest BCUT2D eigenvalue weighted by Crippen LogP contribution is 2.24. The molecule has 1 fully saturated rings. The van der Waals surface area contributed by atoms with E-state index in [1.165, 1.54) is 43.6 Å². The van der Waals surface area contributed by atoms with Crippen LogP contribution in [0.15, 0.2) is 6.20 Å². The van der Waals surface area contributed by atoms with Crippen molar-refractivity contribution in [2.24, 2.45) is 5.92 Å². The first-order valence-corrected chi connectivity index (χ1v) is 7.02. The van der Waals surface area contributed by atoms with Crippen LogP contribution in [-0.2, 0) is 6.54 Å². The van der Waals surface area contributed by atoms with Crippen molar-refractivity contribution in [2.45, 2.75) is 39.2 Å². The second kappa shape index (κ2) is 7.19. The van der Waals surface area contributed by atoms with Crippen LogP contribution in [0.25, 0.3) is 0 Å². The Morgan fingerprint density at radius 2 is 2.41 bits per heavy atom. The predicted molar refractivity (Wildman–Crippen MR) is 76.7 cm³/mol. The van der Waals surface area contributed by atoms with Crippen molar-refractivity contribution in [2.75, 3.05) is 18.8 Å². The van der Waals surface area contributed by atoms with Crippen molar-refractivity contribution in [3.05, 3.63) is 11.1 Å². The van der Waals surface area contributed by atoms with Crippen LogP contribution in [-0.4, -0.2) is 23.0 Å². The zero-order chi connectivity index (χ0) is 11.4. The van der Waals surface area contributed by atoms with Gasteiger partial charge in [-0.25, -0.2) is 4.98 Å². The van der Waals surface area contributed by atoms with Crippen LogP contribution in [0.4, 0.5) is 5.13 Å². The lowest BCUT2D eigenvalue weighted by atomic mass is 9.94. The van der Waals surface area contributed by atoms with E-state index in [4.69, 9.17) is 5.73 Å². The fraction of sp³-hybridized carbons (Fsp3) is 0.750. The van der Waals surface area contributed by atoms with E-state index in [0.29, 0.717) is 5.13 Å². The number of halogens is 1. The molecule has 0 spiro atoms. The Hall–Kier alpha value is -0.320. The third-order valence-electron chi connectivity index (χ3n) is 3.25. The molecule has 2 heterocycles. The van der Waals surface area contributed by atoms with E-state index < -0.39 is 0 Å². The van der Waals surface area contributed by atoms with Crippen LogP contribution in [0.2, 0.25) is 0 Å². The molecule has 1 atom stereocenters. The van der Waals surface area contributed by atoms with Crippen LogP contribution in [0.3, 0.4) is 0 Å². The Balaban J connectivity index is 0.00000144. The van der Waals surface area contributed by atoms with E-state index >= 15 is 0 Å². The number of thiazole rings is 1. The summed E-state index contributed by atoms with van der Waals surface area (Å²) in [5.41, 5.74) is 5.65. The first kappa shape index (κ1) is 14.7. The lowest BCUT2D eigenvalue weighted by Crippen LogP contribution is -2.34. The number of nitrogen functional groups attached to an aromatic ring is 1. The monoisotopic (exact) mass is 275 g/mol. The summed E-state index contributed by atoms with van der Waals surface area (Å²) in [6.45, 7) is 5.81. The van der Waals surface area contributed by atoms with E-state index in [1.54, 1.807) is 11.3 Å². The van der Waals surface area contributed by atoms with Gasteiger partial charge in [-0.15, -0.1) is 23.7 Å². The number of nitrogens with two attached hydrogens (primary N) is 1. The Bertz CT molecular complexity index is 327. The molecule has 0 radical (unpaired) electrons. The van der Waals surface area contributed by atoms with Gasteiger partial charge >= 0.3 is 0 Å². The largest absolute Gasteiger partial charge is 0.375 e. The maximum absolute atomic E-state index is 5.65. The van der Waals surface area contributed by atoms with E-state index in [-0.39, 0.29) is 12.4 Å². The average molecular weight is 276 g/mol. The van der Waals surface area contributed by atoms with E-state index in [0.717, 1.165) is 12.5 Å². The van der Waals surface area contributed by atoms with Crippen molar-refractivity contribution in [1.82, 2.24) is 9.88 Å². The van der Waals surface area contributed by atoms with Crippen molar-refractivity contribution >= 4 is 28.9 Å². The lowest BCUT2D eigenvalue weighted by Gasteiger charge is -2.32. The molecule has 1 aliphatic heterocycles. The molecule has 1 saturated heterocycles. The molecule has 0 aromatic carbocycles. The molecule has 0 bridgehead atoms. The summed E-state index contributed by atoms with van der Waals surface area (Å²) in [5, 5.41) is 0.692. The molecule has 1 aromatic rings. The van der Waals surface area contributed by atoms with Crippen LogP contribution in [0.1, 0.15) is 37.5 Å². The summed E-state index contributed by atoms with van der Waals surface area (Å²) in [4.78, 5) is 7.96. The SMILES string of the molecule is CCCC1CCCN(Cc2cnc(N)s2)C1.Cl. The minimum Gasteiger partial charge on any atom is -0.375 e. The number of piperidine rings is 1. The van der Waals surface area contributed by atoms with E-state index in [2.05, 4.69) is 16.8 Å². The Labute approximate surface area is 114 Å². The smallest absolute Gasteiger partial charge is 0.180 e. The van der Waals surface area contributed by atoms with Crippen LogP contribution in [0.5, 0.6) is 0 Å². The third kappa shape index (κ3) is 4.45. The molecule has 1 unspecified atom stereocenters. The summed E-state index contributed by atoms with van der Waals surface area (Å²) in [6, 6.07) is 0. The molecule has 17 heavy (non-hydrogen) atoms. The molecule has 2 N–H and O–H groups in total. The van der Waals surface area contributed by atoms with Crippen LogP contribution in [0, 0.1) is 5.92 Å². The van der Waals surface area contributed by atoms with Crippen LogP contribution >= 0.6 is 23.7 Å². The molecular formula is C12H22ClN3S. The lowest BCUT2D eigenvalue weighted by molar-refractivity contribution is 0.162. The van der Waals surface area contributed by atoms with Gasteiger partial charge < -0.3 is 5.73 Å². The molecular weight excluding hydrogens is 254 g/mol. The van der Waals surface area contributed by atoms with Gasteiger partial charge in [-0.2, -0.15) is 0 Å². The highest BCUT2D eigenvalue weighted by molar-refractivity contribution is 7.15. The fourth-order valence-corrected chi connectivity index (χ4v) is 3.28. The van der Waals surface area contributed by atoms with Gasteiger partial charge in [0.25, 0.3) is 0 Å². The molecule has 1 aromatic heterocycles. The van der Waals surface area contributed by atoms with Gasteiger partial charge in [-0.05, 0) is 31.7 Å². The number of rotatable bonds is 4. The molecule has 0 aliphatic carbocycles. The molecule has 98 valence electrons. The number of aromatic nitrogens is 1. The number of hydrogen-bond acceptors (Lipinski definition) is 4. The maximum Gasteiger partial charge on any atom is 0.180 e. The van der Waals surface area contributed by atoms with Gasteiger partial charge in [-0.1, -0.05) is 13.3 Å². The first-order chi connectivity index (χ1) is 7.78. The minimum atomic E-state index is 0.